The zero-order chi connectivity index (χ0) is 17.6. The third kappa shape index (κ3) is 3.00. The molecule has 0 aliphatic carbocycles. The summed E-state index contributed by atoms with van der Waals surface area (Å²) in [4.78, 5) is 14.8. The Labute approximate surface area is 148 Å². The van der Waals surface area contributed by atoms with E-state index in [1.54, 1.807) is 0 Å². The van der Waals surface area contributed by atoms with E-state index in [4.69, 9.17) is 4.74 Å². The van der Waals surface area contributed by atoms with E-state index in [0.717, 1.165) is 42.5 Å². The molecule has 1 N–H and O–H groups in total. The molecule has 5 nitrogen and oxygen atoms in total. The van der Waals surface area contributed by atoms with Gasteiger partial charge in [0.15, 0.2) is 0 Å². The van der Waals surface area contributed by atoms with E-state index in [-0.39, 0.29) is 6.10 Å². The summed E-state index contributed by atoms with van der Waals surface area (Å²) in [5, 5.41) is 1.30. The first-order chi connectivity index (χ1) is 12.0. The lowest BCUT2D eigenvalue weighted by atomic mass is 10.1. The van der Waals surface area contributed by atoms with Crippen molar-refractivity contribution < 1.29 is 4.74 Å². The molecule has 3 heterocycles. The van der Waals surface area contributed by atoms with Crippen LogP contribution in [-0.2, 0) is 13.0 Å². The van der Waals surface area contributed by atoms with Gasteiger partial charge in [-0.3, -0.25) is 4.90 Å². The van der Waals surface area contributed by atoms with Crippen molar-refractivity contribution >= 4 is 10.9 Å². The van der Waals surface area contributed by atoms with Crippen LogP contribution in [0.2, 0.25) is 0 Å². The van der Waals surface area contributed by atoms with Crippen LogP contribution in [0.5, 0.6) is 5.88 Å². The zero-order valence-electron chi connectivity index (χ0n) is 15.3. The predicted octanol–water partition coefficient (Wildman–Crippen LogP) is 3.32. The highest BCUT2D eigenvalue weighted by Crippen LogP contribution is 2.29. The van der Waals surface area contributed by atoms with Crippen LogP contribution in [0.25, 0.3) is 10.9 Å². The highest BCUT2D eigenvalue weighted by molar-refractivity contribution is 5.84. The smallest absolute Gasteiger partial charge is 0.220 e. The number of aromatic nitrogens is 3. The van der Waals surface area contributed by atoms with Gasteiger partial charge in [-0.15, -0.1) is 0 Å². The molecule has 1 atom stereocenters. The molecule has 1 aliphatic heterocycles. The van der Waals surface area contributed by atoms with Crippen LogP contribution in [0, 0.1) is 20.8 Å². The molecular formula is C20H24N4O. The molecule has 0 bridgehead atoms. The topological polar surface area (TPSA) is 54.0 Å². The minimum absolute atomic E-state index is 0.138. The molecule has 4 rings (SSSR count). The van der Waals surface area contributed by atoms with Gasteiger partial charge in [-0.2, -0.15) is 4.98 Å². The fraction of sp³-hybridized carbons (Fsp3) is 0.400. The van der Waals surface area contributed by atoms with E-state index in [9.17, 15) is 0 Å². The Morgan fingerprint density at radius 1 is 1.20 bits per heavy atom. The van der Waals surface area contributed by atoms with Gasteiger partial charge in [-0.1, -0.05) is 18.2 Å². The SMILES string of the molecule is Cc1nc(C)c2c(n1)OC(CN(C)Cc1[nH]c3ccccc3c1C)C2. The van der Waals surface area contributed by atoms with Crippen LogP contribution in [0.1, 0.15) is 28.3 Å². The molecule has 0 saturated carbocycles. The molecule has 25 heavy (non-hydrogen) atoms. The molecule has 0 spiro atoms. The lowest BCUT2D eigenvalue weighted by Crippen LogP contribution is -2.32. The summed E-state index contributed by atoms with van der Waals surface area (Å²) in [7, 11) is 2.14. The van der Waals surface area contributed by atoms with Gasteiger partial charge in [0.1, 0.15) is 11.9 Å². The lowest BCUT2D eigenvalue weighted by Gasteiger charge is -2.20. The second kappa shape index (κ2) is 6.15. The maximum Gasteiger partial charge on any atom is 0.220 e. The second-order valence-electron chi connectivity index (χ2n) is 7.05. The summed E-state index contributed by atoms with van der Waals surface area (Å²) in [5.74, 6) is 1.55. The maximum atomic E-state index is 6.06. The molecule has 0 fully saturated rings. The molecule has 0 radical (unpaired) electrons. The number of H-pyrrole nitrogens is 1. The monoisotopic (exact) mass is 336 g/mol. The van der Waals surface area contributed by atoms with Gasteiger partial charge in [0, 0.05) is 47.4 Å². The normalized spacial score (nSPS) is 16.4. The van der Waals surface area contributed by atoms with Gasteiger partial charge in [-0.25, -0.2) is 4.98 Å². The number of aromatic amines is 1. The Morgan fingerprint density at radius 2 is 2.00 bits per heavy atom. The summed E-state index contributed by atoms with van der Waals surface area (Å²) >= 11 is 0. The van der Waals surface area contributed by atoms with Crippen LogP contribution in [0.4, 0.5) is 0 Å². The molecule has 1 unspecified atom stereocenters. The molecular weight excluding hydrogens is 312 g/mol. The fourth-order valence-corrected chi connectivity index (χ4v) is 3.74. The van der Waals surface area contributed by atoms with Crippen LogP contribution >= 0.6 is 0 Å². The van der Waals surface area contributed by atoms with E-state index in [2.05, 4.69) is 58.1 Å². The number of rotatable bonds is 4. The largest absolute Gasteiger partial charge is 0.472 e. The van der Waals surface area contributed by atoms with Gasteiger partial charge in [-0.05, 0) is 39.4 Å². The Hall–Kier alpha value is -2.40. The van der Waals surface area contributed by atoms with Crippen molar-refractivity contribution in [2.45, 2.75) is 39.8 Å². The lowest BCUT2D eigenvalue weighted by molar-refractivity contribution is 0.160. The Bertz CT molecular complexity index is 931. The van der Waals surface area contributed by atoms with Crippen molar-refractivity contribution in [2.24, 2.45) is 0 Å². The van der Waals surface area contributed by atoms with Crippen LogP contribution in [0.15, 0.2) is 24.3 Å². The zero-order valence-corrected chi connectivity index (χ0v) is 15.3. The number of para-hydroxylation sites is 1. The molecule has 0 saturated heterocycles. The van der Waals surface area contributed by atoms with Crippen molar-refractivity contribution in [3.8, 4) is 5.88 Å². The number of benzene rings is 1. The molecule has 2 aromatic heterocycles. The number of likely N-dealkylation sites (N-methyl/N-ethyl adjacent to an activating group) is 1. The number of fused-ring (bicyclic) bond motifs is 2. The van der Waals surface area contributed by atoms with Crippen molar-refractivity contribution in [3.63, 3.8) is 0 Å². The highest BCUT2D eigenvalue weighted by Gasteiger charge is 2.28. The molecule has 1 aromatic carbocycles. The summed E-state index contributed by atoms with van der Waals surface area (Å²) < 4.78 is 6.06. The summed E-state index contributed by atoms with van der Waals surface area (Å²) in [6.07, 6.45) is 1.02. The van der Waals surface area contributed by atoms with Gasteiger partial charge in [0.2, 0.25) is 5.88 Å². The van der Waals surface area contributed by atoms with E-state index in [0.29, 0.717) is 0 Å². The second-order valence-corrected chi connectivity index (χ2v) is 7.05. The third-order valence-corrected chi connectivity index (χ3v) is 5.01. The number of ether oxygens (including phenoxy) is 1. The first kappa shape index (κ1) is 16.1. The van der Waals surface area contributed by atoms with E-state index < -0.39 is 0 Å². The summed E-state index contributed by atoms with van der Waals surface area (Å²) in [5.41, 5.74) is 6.00. The van der Waals surface area contributed by atoms with Gasteiger partial charge >= 0.3 is 0 Å². The quantitative estimate of drug-likeness (QED) is 0.794. The average molecular weight is 336 g/mol. The van der Waals surface area contributed by atoms with E-state index in [1.165, 1.54) is 22.2 Å². The van der Waals surface area contributed by atoms with Crippen molar-refractivity contribution in [2.75, 3.05) is 13.6 Å². The van der Waals surface area contributed by atoms with E-state index in [1.807, 2.05) is 13.8 Å². The standard InChI is InChI=1S/C20H24N4O/c1-12-16-7-5-6-8-18(16)23-19(12)11-24(4)10-15-9-17-13(2)21-14(3)22-20(17)25-15/h5-8,15,23H,9-11H2,1-4H3. The van der Waals surface area contributed by atoms with E-state index >= 15 is 0 Å². The Balaban J connectivity index is 1.45. The Kier molecular flexibility index (Phi) is 3.96. The Morgan fingerprint density at radius 3 is 2.80 bits per heavy atom. The number of hydrogen-bond acceptors (Lipinski definition) is 4. The minimum atomic E-state index is 0.138. The third-order valence-electron chi connectivity index (χ3n) is 5.01. The first-order valence-electron chi connectivity index (χ1n) is 8.76. The molecule has 130 valence electrons. The average Bonchev–Trinajstić information content (AvgIpc) is 3.09. The molecule has 3 aromatic rings. The van der Waals surface area contributed by atoms with Crippen molar-refractivity contribution in [1.29, 1.82) is 0 Å². The van der Waals surface area contributed by atoms with Crippen molar-refractivity contribution in [1.82, 2.24) is 19.9 Å². The molecule has 5 heteroatoms. The summed E-state index contributed by atoms with van der Waals surface area (Å²) in [6, 6.07) is 8.46. The molecule has 0 amide bonds. The van der Waals surface area contributed by atoms with Crippen LogP contribution < -0.4 is 4.74 Å². The fourth-order valence-electron chi connectivity index (χ4n) is 3.74. The van der Waals surface area contributed by atoms with Crippen LogP contribution in [0.3, 0.4) is 0 Å². The molecule has 1 aliphatic rings. The number of nitrogens with one attached hydrogen (secondary N) is 1. The number of aryl methyl sites for hydroxylation is 3. The van der Waals surface area contributed by atoms with Gasteiger partial charge in [0.25, 0.3) is 0 Å². The first-order valence-corrected chi connectivity index (χ1v) is 8.76. The van der Waals surface area contributed by atoms with Gasteiger partial charge in [0.05, 0.1) is 0 Å². The number of hydrogen-bond donors (Lipinski definition) is 1. The van der Waals surface area contributed by atoms with Gasteiger partial charge < -0.3 is 9.72 Å². The summed E-state index contributed by atoms with van der Waals surface area (Å²) in [6.45, 7) is 7.88. The highest BCUT2D eigenvalue weighted by atomic mass is 16.5. The predicted molar refractivity (Wildman–Crippen MR) is 99.0 cm³/mol. The number of nitrogens with zero attached hydrogens (tertiary/aromatic N) is 3. The van der Waals surface area contributed by atoms with Crippen LogP contribution in [-0.4, -0.2) is 39.5 Å². The maximum absolute atomic E-state index is 6.06. The van der Waals surface area contributed by atoms with Crippen molar-refractivity contribution in [3.05, 3.63) is 52.6 Å². The minimum Gasteiger partial charge on any atom is -0.472 e.